The molecule has 0 radical (unpaired) electrons. The molecule has 2 aliphatic rings. The van der Waals surface area contributed by atoms with E-state index >= 15 is 0 Å². The van der Waals surface area contributed by atoms with Crippen molar-refractivity contribution in [1.82, 2.24) is 25.4 Å². The van der Waals surface area contributed by atoms with Crippen LogP contribution >= 0.6 is 0 Å². The van der Waals surface area contributed by atoms with E-state index in [4.69, 9.17) is 4.74 Å². The Labute approximate surface area is 160 Å². The fourth-order valence-electron chi connectivity index (χ4n) is 4.27. The first-order valence-electron chi connectivity index (χ1n) is 9.85. The van der Waals surface area contributed by atoms with Gasteiger partial charge in [-0.05, 0) is 38.7 Å². The third-order valence-corrected chi connectivity index (χ3v) is 5.70. The van der Waals surface area contributed by atoms with Gasteiger partial charge >= 0.3 is 0 Å². The first-order valence-corrected chi connectivity index (χ1v) is 9.85. The Bertz CT molecular complexity index is 808. The summed E-state index contributed by atoms with van der Waals surface area (Å²) < 4.78 is 8.48. The lowest BCUT2D eigenvalue weighted by atomic mass is 9.86. The average Bonchev–Trinajstić information content (AvgIpc) is 3.34. The van der Waals surface area contributed by atoms with E-state index in [9.17, 15) is 0 Å². The molecule has 1 aliphatic heterocycles. The number of benzene rings is 1. The molecular weight excluding hydrogens is 340 g/mol. The summed E-state index contributed by atoms with van der Waals surface area (Å²) >= 11 is 0. The molecule has 1 saturated carbocycles. The fourth-order valence-corrected chi connectivity index (χ4v) is 4.27. The van der Waals surface area contributed by atoms with Gasteiger partial charge in [0.05, 0.1) is 12.6 Å². The van der Waals surface area contributed by atoms with E-state index in [-0.39, 0.29) is 11.6 Å². The van der Waals surface area contributed by atoms with Crippen molar-refractivity contribution in [3.8, 4) is 5.75 Å². The lowest BCUT2D eigenvalue weighted by Gasteiger charge is -2.40. The molecule has 7 heteroatoms. The van der Waals surface area contributed by atoms with Crippen molar-refractivity contribution in [2.75, 3.05) is 7.05 Å². The molecule has 2 aromatic rings. The smallest absolute Gasteiger partial charge is 0.191 e. The summed E-state index contributed by atoms with van der Waals surface area (Å²) in [7, 11) is 1.80. The van der Waals surface area contributed by atoms with E-state index in [1.807, 2.05) is 4.57 Å². The highest BCUT2D eigenvalue weighted by atomic mass is 16.5. The molecule has 1 aliphatic carbocycles. The normalized spacial score (nSPS) is 21.0. The van der Waals surface area contributed by atoms with Crippen molar-refractivity contribution in [2.45, 2.75) is 63.8 Å². The zero-order valence-corrected chi connectivity index (χ0v) is 16.1. The fraction of sp³-hybridized carbons (Fsp3) is 0.550. The number of hydrogen-bond acceptors (Lipinski definition) is 4. The van der Waals surface area contributed by atoms with Gasteiger partial charge in [-0.15, -0.1) is 10.2 Å². The Hall–Kier alpha value is -2.57. The molecule has 4 rings (SSSR count). The Morgan fingerprint density at radius 1 is 1.33 bits per heavy atom. The van der Waals surface area contributed by atoms with Crippen LogP contribution in [0.15, 0.2) is 35.6 Å². The van der Waals surface area contributed by atoms with Crippen molar-refractivity contribution in [3.63, 3.8) is 0 Å². The highest BCUT2D eigenvalue weighted by Gasteiger charge is 2.43. The van der Waals surface area contributed by atoms with Gasteiger partial charge in [-0.25, -0.2) is 0 Å². The first kappa shape index (κ1) is 17.8. The Balaban J connectivity index is 1.49. The number of para-hydroxylation sites is 1. The van der Waals surface area contributed by atoms with Crippen LogP contribution in [0, 0.1) is 0 Å². The highest BCUT2D eigenvalue weighted by Crippen LogP contribution is 2.46. The summed E-state index contributed by atoms with van der Waals surface area (Å²) in [4.78, 5) is 4.42. The number of nitrogens with one attached hydrogen (secondary N) is 2. The SMILES string of the molecule is CCn1cnnc1CNC(=NC)NC1CC2(CCCC2)Oc2ccccc21. The van der Waals surface area contributed by atoms with Crippen LogP contribution in [0.3, 0.4) is 0 Å². The number of rotatable bonds is 4. The van der Waals surface area contributed by atoms with Gasteiger partial charge in [0.1, 0.15) is 17.7 Å². The van der Waals surface area contributed by atoms with Gasteiger partial charge in [0.15, 0.2) is 11.8 Å². The zero-order chi connectivity index (χ0) is 18.7. The number of hydrogen-bond donors (Lipinski definition) is 2. The van der Waals surface area contributed by atoms with Gasteiger partial charge < -0.3 is 19.9 Å². The second-order valence-electron chi connectivity index (χ2n) is 7.39. The summed E-state index contributed by atoms with van der Waals surface area (Å²) in [5.41, 5.74) is 1.17. The van der Waals surface area contributed by atoms with Crippen LogP contribution in [0.1, 0.15) is 56.5 Å². The summed E-state index contributed by atoms with van der Waals surface area (Å²) in [5, 5.41) is 15.2. The average molecular weight is 368 g/mol. The predicted molar refractivity (Wildman–Crippen MR) is 105 cm³/mol. The molecule has 7 nitrogen and oxygen atoms in total. The minimum atomic E-state index is -0.0345. The maximum Gasteiger partial charge on any atom is 0.191 e. The maximum absolute atomic E-state index is 6.45. The van der Waals surface area contributed by atoms with Gasteiger partial charge in [-0.2, -0.15) is 0 Å². The number of fused-ring (bicyclic) bond motifs is 1. The van der Waals surface area contributed by atoms with Gasteiger partial charge in [-0.1, -0.05) is 18.2 Å². The number of aromatic nitrogens is 3. The minimum absolute atomic E-state index is 0.0345. The first-order chi connectivity index (χ1) is 13.2. The van der Waals surface area contributed by atoms with Crippen LogP contribution in [0.2, 0.25) is 0 Å². The van der Waals surface area contributed by atoms with Crippen molar-refractivity contribution < 1.29 is 4.74 Å². The second-order valence-corrected chi connectivity index (χ2v) is 7.39. The standard InChI is InChI=1S/C20H28N6O/c1-3-26-14-23-25-18(26)13-22-19(21-2)24-16-12-20(10-6-7-11-20)27-17-9-5-4-8-15(16)17/h4-5,8-9,14,16H,3,6-7,10-13H2,1-2H3,(H2,21,22,24). The monoisotopic (exact) mass is 368 g/mol. The summed E-state index contributed by atoms with van der Waals surface area (Å²) in [5.74, 6) is 2.68. The van der Waals surface area contributed by atoms with Crippen LogP contribution < -0.4 is 15.4 Å². The minimum Gasteiger partial charge on any atom is -0.487 e. The van der Waals surface area contributed by atoms with Crippen molar-refractivity contribution in [2.24, 2.45) is 4.99 Å². The van der Waals surface area contributed by atoms with E-state index in [1.54, 1.807) is 13.4 Å². The molecule has 1 aromatic heterocycles. The van der Waals surface area contributed by atoms with E-state index in [2.05, 4.69) is 57.0 Å². The summed E-state index contributed by atoms with van der Waals surface area (Å²) in [6.07, 6.45) is 7.47. The van der Waals surface area contributed by atoms with E-state index in [1.165, 1.54) is 18.4 Å². The zero-order valence-electron chi connectivity index (χ0n) is 16.1. The molecule has 27 heavy (non-hydrogen) atoms. The quantitative estimate of drug-likeness (QED) is 0.641. The molecule has 1 atom stereocenters. The van der Waals surface area contributed by atoms with Crippen LogP contribution in [-0.4, -0.2) is 33.4 Å². The van der Waals surface area contributed by atoms with Crippen LogP contribution in [0.25, 0.3) is 0 Å². The molecule has 144 valence electrons. The van der Waals surface area contributed by atoms with Crippen LogP contribution in [0.5, 0.6) is 5.75 Å². The predicted octanol–water partition coefficient (Wildman–Crippen LogP) is 2.80. The summed E-state index contributed by atoms with van der Waals surface area (Å²) in [6, 6.07) is 8.54. The maximum atomic E-state index is 6.45. The lowest BCUT2D eigenvalue weighted by Crippen LogP contribution is -2.46. The number of ether oxygens (including phenoxy) is 1. The summed E-state index contributed by atoms with van der Waals surface area (Å²) in [6.45, 7) is 3.52. The Morgan fingerprint density at radius 3 is 2.93 bits per heavy atom. The van der Waals surface area contributed by atoms with Gasteiger partial charge in [0.2, 0.25) is 0 Å². The molecule has 0 bridgehead atoms. The van der Waals surface area contributed by atoms with Crippen molar-refractivity contribution in [3.05, 3.63) is 42.0 Å². The van der Waals surface area contributed by atoms with E-state index in [0.29, 0.717) is 6.54 Å². The molecule has 2 N–H and O–H groups in total. The number of aryl methyl sites for hydroxylation is 1. The van der Waals surface area contributed by atoms with Gasteiger partial charge in [0, 0.05) is 25.6 Å². The molecule has 1 spiro atoms. The topological polar surface area (TPSA) is 76.4 Å². The largest absolute Gasteiger partial charge is 0.487 e. The van der Waals surface area contributed by atoms with Gasteiger partial charge in [0.25, 0.3) is 0 Å². The molecular formula is C20H28N6O. The number of aliphatic imine (C=N–C) groups is 1. The second kappa shape index (κ2) is 7.58. The van der Waals surface area contributed by atoms with E-state index in [0.717, 1.165) is 43.3 Å². The molecule has 2 heterocycles. The Kier molecular flexibility index (Phi) is 5.01. The number of nitrogens with zero attached hydrogens (tertiary/aromatic N) is 4. The molecule has 1 unspecified atom stereocenters. The number of guanidine groups is 1. The molecule has 1 aromatic carbocycles. The Morgan fingerprint density at radius 2 is 2.15 bits per heavy atom. The molecule has 0 saturated heterocycles. The third kappa shape index (κ3) is 3.63. The third-order valence-electron chi connectivity index (χ3n) is 5.70. The molecule has 1 fully saturated rings. The lowest BCUT2D eigenvalue weighted by molar-refractivity contribution is 0.0396. The van der Waals surface area contributed by atoms with Crippen molar-refractivity contribution >= 4 is 5.96 Å². The van der Waals surface area contributed by atoms with Crippen molar-refractivity contribution in [1.29, 1.82) is 0 Å². The molecule has 0 amide bonds. The van der Waals surface area contributed by atoms with Crippen LogP contribution in [-0.2, 0) is 13.1 Å². The van der Waals surface area contributed by atoms with Crippen LogP contribution in [0.4, 0.5) is 0 Å². The van der Waals surface area contributed by atoms with E-state index < -0.39 is 0 Å². The van der Waals surface area contributed by atoms with Gasteiger partial charge in [-0.3, -0.25) is 4.99 Å². The highest BCUT2D eigenvalue weighted by molar-refractivity contribution is 5.80.